The molecule has 106 valence electrons. The van der Waals surface area contributed by atoms with Crippen LogP contribution in [0.5, 0.6) is 0 Å². The molecule has 3 nitrogen and oxygen atoms in total. The van der Waals surface area contributed by atoms with Gasteiger partial charge in [-0.2, -0.15) is 0 Å². The zero-order valence-corrected chi connectivity index (χ0v) is 12.4. The van der Waals surface area contributed by atoms with Crippen molar-refractivity contribution in [3.63, 3.8) is 0 Å². The molecule has 19 heavy (non-hydrogen) atoms. The van der Waals surface area contributed by atoms with Crippen molar-refractivity contribution in [3.05, 3.63) is 35.4 Å². The zero-order chi connectivity index (χ0) is 14.4. The molecule has 0 saturated carbocycles. The van der Waals surface area contributed by atoms with Crippen LogP contribution in [-0.2, 0) is 17.6 Å². The first-order valence-electron chi connectivity index (χ1n) is 6.91. The van der Waals surface area contributed by atoms with Crippen molar-refractivity contribution < 1.29 is 9.90 Å². The lowest BCUT2D eigenvalue weighted by atomic mass is 10.0. The van der Waals surface area contributed by atoms with E-state index in [0.717, 1.165) is 19.4 Å². The fraction of sp³-hybridized carbons (Fsp3) is 0.562. The third-order valence-electron chi connectivity index (χ3n) is 3.44. The zero-order valence-electron chi connectivity index (χ0n) is 12.4. The van der Waals surface area contributed by atoms with E-state index in [0.29, 0.717) is 5.92 Å². The maximum atomic E-state index is 10.9. The molecule has 1 unspecified atom stereocenters. The lowest BCUT2D eigenvalue weighted by Crippen LogP contribution is -2.37. The number of nitrogens with zero attached hydrogens (tertiary/aromatic N) is 1. The van der Waals surface area contributed by atoms with E-state index >= 15 is 0 Å². The molecule has 0 amide bonds. The largest absolute Gasteiger partial charge is 0.480 e. The second kappa shape index (κ2) is 7.29. The van der Waals surface area contributed by atoms with E-state index in [1.54, 1.807) is 6.92 Å². The summed E-state index contributed by atoms with van der Waals surface area (Å²) in [6.45, 7) is 6.91. The Labute approximate surface area is 116 Å². The Bertz CT molecular complexity index is 398. The van der Waals surface area contributed by atoms with Crippen LogP contribution in [0, 0.1) is 5.92 Å². The van der Waals surface area contributed by atoms with Crippen LogP contribution >= 0.6 is 0 Å². The number of rotatable bonds is 7. The minimum absolute atomic E-state index is 0.430. The molecule has 1 aromatic carbocycles. The van der Waals surface area contributed by atoms with E-state index in [4.69, 9.17) is 5.11 Å². The summed E-state index contributed by atoms with van der Waals surface area (Å²) < 4.78 is 0. The molecular formula is C16H25NO2. The van der Waals surface area contributed by atoms with Gasteiger partial charge in [0.25, 0.3) is 0 Å². The molecule has 0 spiro atoms. The molecule has 1 aromatic rings. The number of benzene rings is 1. The molecule has 0 aromatic heterocycles. The molecule has 0 aliphatic rings. The van der Waals surface area contributed by atoms with Crippen LogP contribution in [0.4, 0.5) is 0 Å². The van der Waals surface area contributed by atoms with Gasteiger partial charge < -0.3 is 5.11 Å². The van der Waals surface area contributed by atoms with Crippen molar-refractivity contribution in [2.45, 2.75) is 39.7 Å². The van der Waals surface area contributed by atoms with Gasteiger partial charge in [-0.3, -0.25) is 9.69 Å². The Morgan fingerprint density at radius 2 is 1.68 bits per heavy atom. The number of carboxylic acids is 1. The molecular weight excluding hydrogens is 238 g/mol. The van der Waals surface area contributed by atoms with Gasteiger partial charge in [-0.15, -0.1) is 0 Å². The molecule has 0 fully saturated rings. The molecule has 1 atom stereocenters. The monoisotopic (exact) mass is 263 g/mol. The highest BCUT2D eigenvalue weighted by Crippen LogP contribution is 2.10. The van der Waals surface area contributed by atoms with Crippen molar-refractivity contribution in [3.8, 4) is 0 Å². The van der Waals surface area contributed by atoms with Gasteiger partial charge in [0.1, 0.15) is 6.04 Å². The van der Waals surface area contributed by atoms with E-state index in [-0.39, 0.29) is 0 Å². The molecule has 3 heteroatoms. The van der Waals surface area contributed by atoms with Crippen LogP contribution in [-0.4, -0.2) is 35.6 Å². The Balaban J connectivity index is 2.47. The van der Waals surface area contributed by atoms with Crippen LogP contribution in [0.3, 0.4) is 0 Å². The molecule has 0 bridgehead atoms. The van der Waals surface area contributed by atoms with E-state index in [9.17, 15) is 4.79 Å². The Morgan fingerprint density at radius 1 is 1.16 bits per heavy atom. The predicted octanol–water partition coefficient (Wildman–Crippen LogP) is 2.83. The molecule has 0 aliphatic carbocycles. The predicted molar refractivity (Wildman–Crippen MR) is 78.4 cm³/mol. The summed E-state index contributed by atoms with van der Waals surface area (Å²) in [4.78, 5) is 12.7. The SMILES string of the molecule is CC(C)Cc1ccc(CCN(C)C(C)C(=O)O)cc1. The van der Waals surface area contributed by atoms with Gasteiger partial charge >= 0.3 is 5.97 Å². The molecule has 0 radical (unpaired) electrons. The average molecular weight is 263 g/mol. The summed E-state index contributed by atoms with van der Waals surface area (Å²) in [5.74, 6) is -0.0943. The number of likely N-dealkylation sites (N-methyl/N-ethyl adjacent to an activating group) is 1. The molecule has 0 aliphatic heterocycles. The highest BCUT2D eigenvalue weighted by atomic mass is 16.4. The Kier molecular flexibility index (Phi) is 6.03. The molecule has 1 rings (SSSR count). The summed E-state index contributed by atoms with van der Waals surface area (Å²) in [6.07, 6.45) is 1.99. The maximum absolute atomic E-state index is 10.9. The van der Waals surface area contributed by atoms with E-state index in [2.05, 4.69) is 38.1 Å². The highest BCUT2D eigenvalue weighted by Gasteiger charge is 2.15. The lowest BCUT2D eigenvalue weighted by Gasteiger charge is -2.20. The molecule has 0 heterocycles. The summed E-state index contributed by atoms with van der Waals surface area (Å²) in [7, 11) is 1.85. The second-order valence-electron chi connectivity index (χ2n) is 5.66. The van der Waals surface area contributed by atoms with Crippen molar-refractivity contribution in [1.29, 1.82) is 0 Å². The molecule has 0 saturated heterocycles. The van der Waals surface area contributed by atoms with Crippen molar-refractivity contribution in [2.24, 2.45) is 5.92 Å². The number of carboxylic acid groups (broad SMARTS) is 1. The van der Waals surface area contributed by atoms with Gasteiger partial charge in [-0.25, -0.2) is 0 Å². The van der Waals surface area contributed by atoms with Crippen LogP contribution in [0.2, 0.25) is 0 Å². The third kappa shape index (κ3) is 5.43. The summed E-state index contributed by atoms with van der Waals surface area (Å²) in [5.41, 5.74) is 2.63. The lowest BCUT2D eigenvalue weighted by molar-refractivity contribution is -0.142. The number of carbonyl (C=O) groups is 1. The van der Waals surface area contributed by atoms with Crippen LogP contribution in [0.25, 0.3) is 0 Å². The van der Waals surface area contributed by atoms with Crippen molar-refractivity contribution >= 4 is 5.97 Å². The first kappa shape index (κ1) is 15.7. The fourth-order valence-corrected chi connectivity index (χ4v) is 2.00. The summed E-state index contributed by atoms with van der Waals surface area (Å²) >= 11 is 0. The number of hydrogen-bond donors (Lipinski definition) is 1. The number of hydrogen-bond acceptors (Lipinski definition) is 2. The maximum Gasteiger partial charge on any atom is 0.320 e. The second-order valence-corrected chi connectivity index (χ2v) is 5.66. The normalized spacial score (nSPS) is 12.9. The van der Waals surface area contributed by atoms with Gasteiger partial charge in [-0.1, -0.05) is 38.1 Å². The van der Waals surface area contributed by atoms with Crippen molar-refractivity contribution in [2.75, 3.05) is 13.6 Å². The topological polar surface area (TPSA) is 40.5 Å². The highest BCUT2D eigenvalue weighted by molar-refractivity contribution is 5.72. The average Bonchev–Trinajstić information content (AvgIpc) is 2.35. The van der Waals surface area contributed by atoms with Gasteiger partial charge in [0, 0.05) is 6.54 Å². The standard InChI is InChI=1S/C16H25NO2/c1-12(2)11-15-7-5-14(6-8-15)9-10-17(4)13(3)16(18)19/h5-8,12-13H,9-11H2,1-4H3,(H,18,19). The van der Waals surface area contributed by atoms with E-state index in [1.165, 1.54) is 11.1 Å². The van der Waals surface area contributed by atoms with Gasteiger partial charge in [-0.05, 0) is 43.9 Å². The quantitative estimate of drug-likeness (QED) is 0.822. The fourth-order valence-electron chi connectivity index (χ4n) is 2.00. The van der Waals surface area contributed by atoms with E-state index in [1.807, 2.05) is 11.9 Å². The van der Waals surface area contributed by atoms with Crippen LogP contribution in [0.1, 0.15) is 31.9 Å². The summed E-state index contributed by atoms with van der Waals surface area (Å²) in [6, 6.07) is 8.22. The van der Waals surface area contributed by atoms with Crippen molar-refractivity contribution in [1.82, 2.24) is 4.90 Å². The Hall–Kier alpha value is -1.35. The minimum Gasteiger partial charge on any atom is -0.480 e. The third-order valence-corrected chi connectivity index (χ3v) is 3.44. The first-order chi connectivity index (χ1) is 8.90. The smallest absolute Gasteiger partial charge is 0.320 e. The van der Waals surface area contributed by atoms with Crippen LogP contribution in [0.15, 0.2) is 24.3 Å². The van der Waals surface area contributed by atoms with E-state index < -0.39 is 12.0 Å². The first-order valence-corrected chi connectivity index (χ1v) is 6.91. The van der Waals surface area contributed by atoms with Crippen LogP contribution < -0.4 is 0 Å². The number of aliphatic carboxylic acids is 1. The molecule has 1 N–H and O–H groups in total. The Morgan fingerprint density at radius 3 is 2.16 bits per heavy atom. The van der Waals surface area contributed by atoms with Gasteiger partial charge in [0.05, 0.1) is 0 Å². The van der Waals surface area contributed by atoms with Gasteiger partial charge in [0.2, 0.25) is 0 Å². The van der Waals surface area contributed by atoms with Gasteiger partial charge in [0.15, 0.2) is 0 Å². The minimum atomic E-state index is -0.769. The summed E-state index contributed by atoms with van der Waals surface area (Å²) in [5, 5.41) is 8.93.